The van der Waals surface area contributed by atoms with Crippen LogP contribution in [0.4, 0.5) is 0 Å². The fraction of sp³-hybridized carbons (Fsp3) is 1.00. The minimum Gasteiger partial charge on any atom is -0.0616 e. The molecule has 0 aromatic rings. The third-order valence-corrected chi connectivity index (χ3v) is 61.0. The van der Waals surface area contributed by atoms with Gasteiger partial charge in [0.2, 0.25) is 0 Å². The smallest absolute Gasteiger partial charge is 0.0000817 e. The van der Waals surface area contributed by atoms with Crippen LogP contribution >= 0.6 is 0 Å². The third-order valence-electron chi connectivity index (χ3n) is 61.0. The quantitative estimate of drug-likeness (QED) is 0.227. The van der Waals surface area contributed by atoms with Crippen molar-refractivity contribution < 1.29 is 0 Å². The topological polar surface area (TPSA) is 0 Å². The molecule has 0 amide bonds. The normalized spacial score (nSPS) is 130. The molecule has 0 radical (unpaired) electrons. The number of fused-ring (bicyclic) bond motifs is 18. The Morgan fingerprint density at radius 3 is 1.39 bits per heavy atom. The summed E-state index contributed by atoms with van der Waals surface area (Å²) in [5, 5.41) is 0. The zero-order valence-corrected chi connectivity index (χ0v) is 45.3. The molecule has 0 aromatic heterocycles. The van der Waals surface area contributed by atoms with E-state index in [2.05, 4.69) is 111 Å². The maximum atomic E-state index is 3.41. The third kappa shape index (κ3) is 0.599. The van der Waals surface area contributed by atoms with Crippen LogP contribution in [0.15, 0.2) is 0 Å². The Morgan fingerprint density at radius 2 is 0.681 bits per heavy atom. The van der Waals surface area contributed by atoms with Crippen molar-refractivity contribution in [2.75, 3.05) is 0 Å². The van der Waals surface area contributed by atoms with Crippen LogP contribution in [0.1, 0.15) is 117 Å². The molecule has 72 heavy (non-hydrogen) atoms. The van der Waals surface area contributed by atoms with E-state index in [9.17, 15) is 0 Å². The van der Waals surface area contributed by atoms with E-state index in [0.717, 1.165) is 158 Å². The van der Waals surface area contributed by atoms with Gasteiger partial charge in [-0.05, 0) is 311 Å². The summed E-state index contributed by atoms with van der Waals surface area (Å²) in [5.74, 6) is 17.5. The van der Waals surface area contributed by atoms with E-state index in [4.69, 9.17) is 0 Å². The van der Waals surface area contributed by atoms with Gasteiger partial charge in [-0.15, -0.1) is 0 Å². The molecule has 0 heteroatoms. The Labute approximate surface area is 419 Å². The summed E-state index contributed by atoms with van der Waals surface area (Å²) in [6, 6.07) is 0. The summed E-state index contributed by atoms with van der Waals surface area (Å²) in [7, 11) is 0. The first kappa shape index (κ1) is 28.9. The minimum absolute atomic E-state index is 0.433. The summed E-state index contributed by atoms with van der Waals surface area (Å²) in [5.41, 5.74) is 32.3. The number of rotatable bonds is 0. The fourth-order valence-electron chi connectivity index (χ4n) is 74.4. The number of hydrogen-bond acceptors (Lipinski definition) is 0. The van der Waals surface area contributed by atoms with Crippen LogP contribution in [-0.4, -0.2) is 0 Å². The van der Waals surface area contributed by atoms with Crippen LogP contribution in [0, 0.1) is 305 Å². The Hall–Kier alpha value is 0. The highest BCUT2D eigenvalue weighted by molar-refractivity contribution is 6.18. The van der Waals surface area contributed by atoms with Gasteiger partial charge >= 0.3 is 0 Å². The van der Waals surface area contributed by atoms with Gasteiger partial charge in [0.25, 0.3) is 0 Å². The van der Waals surface area contributed by atoms with Gasteiger partial charge in [-0.25, -0.2) is 0 Å². The van der Waals surface area contributed by atoms with Crippen LogP contribution in [0.25, 0.3) is 0 Å². The average Bonchev–Trinajstić information content (AvgIpc) is 3.56. The second kappa shape index (κ2) is 4.17. The maximum Gasteiger partial charge on any atom is -0.0000817 e. The maximum absolute atomic E-state index is 3.41. The molecule has 41 aliphatic carbocycles. The first-order valence-corrected chi connectivity index (χ1v) is 34.0. The van der Waals surface area contributed by atoms with Crippen LogP contribution in [0.2, 0.25) is 0 Å². The van der Waals surface area contributed by atoms with Crippen LogP contribution in [0.5, 0.6) is 0 Å². The molecule has 41 aliphatic rings. The Kier molecular flexibility index (Phi) is 1.67. The first-order chi connectivity index (χ1) is 34.0. The van der Waals surface area contributed by atoms with Gasteiger partial charge in [0.1, 0.15) is 0 Å². The largest absolute Gasteiger partial charge is 0.0616 e. The summed E-state index contributed by atoms with van der Waals surface area (Å²) in [6.45, 7) is 51.8. The van der Waals surface area contributed by atoms with Crippen LogP contribution < -0.4 is 0 Å². The lowest BCUT2D eigenvalue weighted by atomic mass is 8.34. The Bertz CT molecular complexity index is 4720. The molecule has 352 valence electrons. The molecule has 16 unspecified atom stereocenters. The van der Waals surface area contributed by atoms with E-state index in [1.165, 1.54) is 71.0 Å². The number of hydrogen-bond donors (Lipinski definition) is 0. The summed E-state index contributed by atoms with van der Waals surface area (Å²) in [4.78, 5) is 0. The van der Waals surface area contributed by atoms with Crippen LogP contribution in [0.3, 0.4) is 0 Å². The highest BCUT2D eigenvalue weighted by Gasteiger charge is 3.74. The summed E-state index contributed by atoms with van der Waals surface area (Å²) < 4.78 is 0. The molecule has 0 N–H and O–H groups in total. The highest BCUT2D eigenvalue weighted by Crippen LogP contribution is 3.75. The molecular weight excluding hydrogens is 865 g/mol. The van der Waals surface area contributed by atoms with E-state index in [1.807, 2.05) is 6.42 Å². The van der Waals surface area contributed by atoms with Gasteiger partial charge in [0.15, 0.2) is 0 Å². The molecule has 0 heterocycles. The summed E-state index contributed by atoms with van der Waals surface area (Å²) in [6.07, 6.45) is 1.83. The lowest BCUT2D eigenvalue weighted by Crippen LogP contribution is -3.67. The molecular formula is C72H64. The Balaban J connectivity index is 0.792. The van der Waals surface area contributed by atoms with Gasteiger partial charge in [-0.3, -0.25) is 0 Å². The minimum atomic E-state index is 0.433. The molecule has 54 atom stereocenters. The lowest BCUT2D eigenvalue weighted by Gasteiger charge is -3.67. The van der Waals surface area contributed by atoms with Crippen molar-refractivity contribution in [2.24, 2.45) is 305 Å². The van der Waals surface area contributed by atoms with E-state index < -0.39 is 0 Å². The first-order valence-electron chi connectivity index (χ1n) is 34.0. The molecule has 41 rings (SSSR count). The van der Waals surface area contributed by atoms with Crippen molar-refractivity contribution in [3.8, 4) is 0 Å². The van der Waals surface area contributed by atoms with E-state index in [1.54, 1.807) is 0 Å². The van der Waals surface area contributed by atoms with Gasteiger partial charge < -0.3 is 0 Å². The van der Waals surface area contributed by atoms with Crippen molar-refractivity contribution in [1.29, 1.82) is 0 Å². The predicted octanol–water partition coefficient (Wildman–Crippen LogP) is 10.3. The Morgan fingerprint density at radius 1 is 0.236 bits per heavy atom. The molecule has 0 nitrogen and oxygen atoms in total. The average molecular weight is 929 g/mol. The fourth-order valence-corrected chi connectivity index (χ4v) is 74.4. The standard InChI is InChI=1S/C72H64/c1-18-22-26-24-20-17-21-25-28-29-27-23-19(2)34(6)38(10)39(11)35(7)32(3,4)36(8)40(12)43(15)44(16)42(14)41(13)37(9)33(18,5)48(22)51(26)46(24)30-47-31-56-52(28,50(25,47)45(20,21)46)54(29)53(27)49(23,34)60(38)62(39)58(35,36)63(40)66(43)65(44)61(42)57(31,67(47)55(30,51)59(37,48)64(41,61)67)69(56,65)72(66)68(54,56)70(53,60)71(62,63)72/h18-31H,17H2,1-16H3/t18-,19?,20+,21?,22-,23?,24+,25?,26-,27?,28?,29?,30?,31-,33?,34+,35-,36-,37+,38+,39-,40-,41+,42+,43-,44+,45?,46?,47?,48?,49+,50?,51?,52?,53+,54-,55+,56+,57-,58-,59-,60+,61+,62-,63-,64+,65+,66-,67-,68-,69+,70+,71-,72+/m1/s1. The van der Waals surface area contributed by atoms with E-state index >= 15 is 0 Å². The monoisotopic (exact) mass is 929 g/mol. The van der Waals surface area contributed by atoms with Crippen molar-refractivity contribution in [2.45, 2.75) is 117 Å². The lowest BCUT2D eigenvalue weighted by molar-refractivity contribution is -1.23. The van der Waals surface area contributed by atoms with Crippen molar-refractivity contribution >= 4 is 0 Å². The molecule has 0 saturated heterocycles. The highest BCUT2D eigenvalue weighted by atomic mass is 15.8. The van der Waals surface area contributed by atoms with E-state index in [0.29, 0.717) is 75.8 Å². The van der Waals surface area contributed by atoms with Gasteiger partial charge in [-0.1, -0.05) is 111 Å². The molecule has 41 saturated carbocycles. The SMILES string of the molecule is CC1C2C3C4C5C6C7C[C@H]8[C@H]9[C@H]%10[C@H]%11[C@@H](C)C%12(C)C%11%13C%10%11C9%10C9C%14%15[C@@H]%16[C@@]%17%18C5(C6%14C78%10)[C@@]45[C@@]34[C@@]23[C@]1(C)[C@@]1(C)[C@@]2(C)[C@@]6(C)C(C)(C)[C@]7(C)[C@]8(C)[C@]%10(C)[C@]%14(C)[C@]%19(C)[C@]%20(C)[C@@]%12(C)[C@]%13%12[C@]9%11[C@@]%159[C@@]%16%11[C@]%17%13[C@@]%14([C@@]%19%11[C@]%20%129)[C@]%109[C@]8%10[C@]67[C@@]26[C@]13[C@]41[C@@]5%18[C@]%139[C@]6%101. The molecule has 0 bridgehead atoms. The molecule has 28 spiro atoms. The second-order valence-electron chi connectivity index (χ2n) is 45.3. The van der Waals surface area contributed by atoms with Gasteiger partial charge in [-0.2, -0.15) is 0 Å². The molecule has 41 fully saturated rings. The molecule has 0 aromatic carbocycles. The van der Waals surface area contributed by atoms with Gasteiger partial charge in [0, 0.05) is 0 Å². The van der Waals surface area contributed by atoms with Crippen molar-refractivity contribution in [3.63, 3.8) is 0 Å². The van der Waals surface area contributed by atoms with Gasteiger partial charge in [0.05, 0.1) is 0 Å². The van der Waals surface area contributed by atoms with Crippen molar-refractivity contribution in [3.05, 3.63) is 0 Å². The van der Waals surface area contributed by atoms with E-state index in [-0.39, 0.29) is 0 Å². The predicted molar refractivity (Wildman–Crippen MR) is 244 cm³/mol. The second-order valence-corrected chi connectivity index (χ2v) is 45.3. The zero-order chi connectivity index (χ0) is 45.3. The zero-order valence-electron chi connectivity index (χ0n) is 45.3. The summed E-state index contributed by atoms with van der Waals surface area (Å²) >= 11 is 0. The molecule has 0 aliphatic heterocycles. The van der Waals surface area contributed by atoms with Crippen molar-refractivity contribution in [1.82, 2.24) is 0 Å². The van der Waals surface area contributed by atoms with Crippen LogP contribution in [-0.2, 0) is 0 Å².